The van der Waals surface area contributed by atoms with Gasteiger partial charge < -0.3 is 20.4 Å². The molecule has 0 aromatic carbocycles. The first-order valence-corrected chi connectivity index (χ1v) is 5.32. The molecular weight excluding hydrogens is 222 g/mol. The van der Waals surface area contributed by atoms with Gasteiger partial charge in [-0.3, -0.25) is 0 Å². The Kier molecular flexibility index (Phi) is 5.22. The molecule has 0 bridgehead atoms. The summed E-state index contributed by atoms with van der Waals surface area (Å²) < 4.78 is 10.7. The molecule has 0 aliphatic rings. The smallest absolute Gasteiger partial charge is 0.224 e. The van der Waals surface area contributed by atoms with Gasteiger partial charge in [0.15, 0.2) is 5.84 Å². The normalized spacial score (nSPS) is 11.8. The van der Waals surface area contributed by atoms with Crippen molar-refractivity contribution in [3.63, 3.8) is 0 Å². The fourth-order valence-corrected chi connectivity index (χ4v) is 1.18. The van der Waals surface area contributed by atoms with E-state index in [0.717, 1.165) is 0 Å². The van der Waals surface area contributed by atoms with Crippen LogP contribution < -0.4 is 10.5 Å². The van der Waals surface area contributed by atoms with Crippen molar-refractivity contribution < 1.29 is 14.7 Å². The lowest BCUT2D eigenvalue weighted by Gasteiger charge is -2.10. The minimum absolute atomic E-state index is 0.0297. The van der Waals surface area contributed by atoms with Crippen molar-refractivity contribution in [1.82, 2.24) is 4.98 Å². The van der Waals surface area contributed by atoms with Crippen LogP contribution in [0.4, 0.5) is 0 Å². The lowest BCUT2D eigenvalue weighted by molar-refractivity contribution is 0.0542. The zero-order valence-electron chi connectivity index (χ0n) is 9.96. The molecule has 6 heteroatoms. The van der Waals surface area contributed by atoms with Crippen molar-refractivity contribution in [2.75, 3.05) is 13.2 Å². The Bertz CT molecular complexity index is 380. The second-order valence-electron chi connectivity index (χ2n) is 3.61. The molecule has 0 aliphatic heterocycles. The van der Waals surface area contributed by atoms with E-state index in [4.69, 9.17) is 20.4 Å². The van der Waals surface area contributed by atoms with Crippen molar-refractivity contribution in [1.29, 1.82) is 0 Å². The molecule has 0 aliphatic carbocycles. The van der Waals surface area contributed by atoms with Crippen LogP contribution in [0.1, 0.15) is 19.4 Å². The van der Waals surface area contributed by atoms with Crippen molar-refractivity contribution in [3.8, 4) is 5.88 Å². The SMILES string of the molecule is CC(C)OCCOc1ncccc1/C(N)=N/O. The Hall–Kier alpha value is -1.82. The molecule has 1 aromatic rings. The van der Waals surface area contributed by atoms with E-state index < -0.39 is 0 Å². The zero-order chi connectivity index (χ0) is 12.7. The van der Waals surface area contributed by atoms with Crippen LogP contribution in [0.15, 0.2) is 23.5 Å². The van der Waals surface area contributed by atoms with Crippen LogP contribution in [-0.4, -0.2) is 35.3 Å². The summed E-state index contributed by atoms with van der Waals surface area (Å²) in [6.45, 7) is 4.72. The minimum Gasteiger partial charge on any atom is -0.475 e. The second-order valence-corrected chi connectivity index (χ2v) is 3.61. The summed E-state index contributed by atoms with van der Waals surface area (Å²) in [7, 11) is 0. The van der Waals surface area contributed by atoms with E-state index in [1.54, 1.807) is 18.3 Å². The van der Waals surface area contributed by atoms with Gasteiger partial charge in [0, 0.05) is 6.20 Å². The van der Waals surface area contributed by atoms with Crippen LogP contribution in [0.2, 0.25) is 0 Å². The van der Waals surface area contributed by atoms with Crippen LogP contribution in [-0.2, 0) is 4.74 Å². The molecule has 6 nitrogen and oxygen atoms in total. The number of hydrogen-bond donors (Lipinski definition) is 2. The van der Waals surface area contributed by atoms with Gasteiger partial charge in [0.1, 0.15) is 6.61 Å². The largest absolute Gasteiger partial charge is 0.475 e. The summed E-state index contributed by atoms with van der Waals surface area (Å²) in [5.74, 6) is 0.299. The van der Waals surface area contributed by atoms with Gasteiger partial charge in [0.2, 0.25) is 5.88 Å². The summed E-state index contributed by atoms with van der Waals surface area (Å²) in [6.07, 6.45) is 1.73. The minimum atomic E-state index is -0.0297. The highest BCUT2D eigenvalue weighted by molar-refractivity contribution is 5.98. The molecule has 1 aromatic heterocycles. The molecule has 0 saturated carbocycles. The van der Waals surface area contributed by atoms with E-state index in [9.17, 15) is 0 Å². The van der Waals surface area contributed by atoms with E-state index >= 15 is 0 Å². The Morgan fingerprint density at radius 1 is 1.53 bits per heavy atom. The summed E-state index contributed by atoms with van der Waals surface area (Å²) >= 11 is 0. The molecule has 17 heavy (non-hydrogen) atoms. The molecule has 0 saturated heterocycles. The number of nitrogens with zero attached hydrogens (tertiary/aromatic N) is 2. The summed E-state index contributed by atoms with van der Waals surface area (Å²) in [5, 5.41) is 11.5. The number of hydrogen-bond acceptors (Lipinski definition) is 5. The van der Waals surface area contributed by atoms with E-state index in [-0.39, 0.29) is 11.9 Å². The van der Waals surface area contributed by atoms with Crippen LogP contribution in [0.3, 0.4) is 0 Å². The van der Waals surface area contributed by atoms with Gasteiger partial charge in [-0.1, -0.05) is 5.16 Å². The predicted molar refractivity (Wildman–Crippen MR) is 63.3 cm³/mol. The molecule has 0 spiro atoms. The van der Waals surface area contributed by atoms with Crippen LogP contribution >= 0.6 is 0 Å². The molecule has 0 atom stereocenters. The maximum Gasteiger partial charge on any atom is 0.224 e. The average molecular weight is 239 g/mol. The molecule has 0 fully saturated rings. The summed E-state index contributed by atoms with van der Waals surface area (Å²) in [5.41, 5.74) is 5.95. The van der Waals surface area contributed by atoms with Gasteiger partial charge in [-0.15, -0.1) is 0 Å². The third-order valence-corrected chi connectivity index (χ3v) is 1.93. The summed E-state index contributed by atoms with van der Waals surface area (Å²) in [4.78, 5) is 4.01. The molecule has 3 N–H and O–H groups in total. The van der Waals surface area contributed by atoms with Gasteiger partial charge in [-0.25, -0.2) is 4.98 Å². The monoisotopic (exact) mass is 239 g/mol. The predicted octanol–water partition coefficient (Wildman–Crippen LogP) is 0.980. The number of ether oxygens (including phenoxy) is 2. The van der Waals surface area contributed by atoms with E-state index in [2.05, 4.69) is 10.1 Å². The lowest BCUT2D eigenvalue weighted by atomic mass is 10.2. The topological polar surface area (TPSA) is 90.0 Å². The molecule has 1 rings (SSSR count). The van der Waals surface area contributed by atoms with E-state index in [0.29, 0.717) is 24.7 Å². The van der Waals surface area contributed by atoms with Crippen LogP contribution in [0, 0.1) is 0 Å². The van der Waals surface area contributed by atoms with Gasteiger partial charge in [0.05, 0.1) is 18.3 Å². The number of rotatable bonds is 6. The van der Waals surface area contributed by atoms with Crippen LogP contribution in [0.5, 0.6) is 5.88 Å². The highest BCUT2D eigenvalue weighted by Gasteiger charge is 2.08. The standard InChI is InChI=1S/C11H17N3O3/c1-8(2)16-6-7-17-11-9(10(12)14-15)4-3-5-13-11/h3-5,8,15H,6-7H2,1-2H3,(H2,12,14). The average Bonchev–Trinajstić information content (AvgIpc) is 2.34. The zero-order valence-corrected chi connectivity index (χ0v) is 9.96. The maximum absolute atomic E-state index is 8.61. The molecule has 1 heterocycles. The van der Waals surface area contributed by atoms with Gasteiger partial charge in [-0.2, -0.15) is 0 Å². The third kappa shape index (κ3) is 4.28. The van der Waals surface area contributed by atoms with E-state index in [1.807, 2.05) is 13.8 Å². The number of nitrogens with two attached hydrogens (primary N) is 1. The Balaban J connectivity index is 2.58. The second kappa shape index (κ2) is 6.70. The number of amidine groups is 1. The number of aromatic nitrogens is 1. The first-order valence-electron chi connectivity index (χ1n) is 5.32. The first-order chi connectivity index (χ1) is 8.15. The maximum atomic E-state index is 8.61. The highest BCUT2D eigenvalue weighted by atomic mass is 16.5. The molecule has 94 valence electrons. The number of pyridine rings is 1. The quantitative estimate of drug-likeness (QED) is 0.254. The molecular formula is C11H17N3O3. The Morgan fingerprint density at radius 2 is 2.29 bits per heavy atom. The fourth-order valence-electron chi connectivity index (χ4n) is 1.18. The molecule has 0 unspecified atom stereocenters. The van der Waals surface area contributed by atoms with Gasteiger partial charge in [0.25, 0.3) is 0 Å². The van der Waals surface area contributed by atoms with Gasteiger partial charge in [-0.05, 0) is 26.0 Å². The Morgan fingerprint density at radius 3 is 2.94 bits per heavy atom. The molecule has 0 amide bonds. The first kappa shape index (κ1) is 13.2. The van der Waals surface area contributed by atoms with Crippen molar-refractivity contribution in [3.05, 3.63) is 23.9 Å². The third-order valence-electron chi connectivity index (χ3n) is 1.93. The van der Waals surface area contributed by atoms with Crippen molar-refractivity contribution >= 4 is 5.84 Å². The number of oxime groups is 1. The van der Waals surface area contributed by atoms with Gasteiger partial charge >= 0.3 is 0 Å². The van der Waals surface area contributed by atoms with Crippen LogP contribution in [0.25, 0.3) is 0 Å². The highest BCUT2D eigenvalue weighted by Crippen LogP contribution is 2.13. The molecule has 0 radical (unpaired) electrons. The Labute approximate surface area is 100 Å². The van der Waals surface area contributed by atoms with E-state index in [1.165, 1.54) is 0 Å². The van der Waals surface area contributed by atoms with Crippen molar-refractivity contribution in [2.45, 2.75) is 20.0 Å². The lowest BCUT2D eigenvalue weighted by Crippen LogP contribution is -2.17. The summed E-state index contributed by atoms with van der Waals surface area (Å²) in [6, 6.07) is 3.35. The fraction of sp³-hybridized carbons (Fsp3) is 0.455. The van der Waals surface area contributed by atoms with Crippen molar-refractivity contribution in [2.24, 2.45) is 10.9 Å².